The topological polar surface area (TPSA) is 128 Å². The lowest BCUT2D eigenvalue weighted by molar-refractivity contribution is -0.153. The fourth-order valence-corrected chi connectivity index (χ4v) is 4.70. The van der Waals surface area contributed by atoms with Gasteiger partial charge in [-0.05, 0) is 32.0 Å². The predicted octanol–water partition coefficient (Wildman–Crippen LogP) is 4.08. The number of benzene rings is 1. The molecule has 0 saturated heterocycles. The normalized spacial score (nSPS) is 12.3. The molecule has 3 rings (SSSR count). The Bertz CT molecular complexity index is 1310. The summed E-state index contributed by atoms with van der Waals surface area (Å²) in [5.41, 5.74) is 1.32. The molecule has 15 heteroatoms. The van der Waals surface area contributed by atoms with Crippen molar-refractivity contribution >= 4 is 34.4 Å². The van der Waals surface area contributed by atoms with E-state index in [0.717, 1.165) is 0 Å². The number of ether oxygens (including phenoxy) is 4. The highest BCUT2D eigenvalue weighted by Gasteiger charge is 2.31. The van der Waals surface area contributed by atoms with Crippen LogP contribution in [0.5, 0.6) is 5.75 Å². The maximum Gasteiger partial charge on any atom is 0.508 e. The number of carbonyl (C=O) groups excluding carboxylic acids is 2. The molecule has 1 aromatic carbocycles. The predicted molar refractivity (Wildman–Crippen MR) is 138 cm³/mol. The Hall–Kier alpha value is -3.56. The minimum atomic E-state index is -4.52. The van der Waals surface area contributed by atoms with Crippen molar-refractivity contribution in [3.63, 3.8) is 0 Å². The van der Waals surface area contributed by atoms with Gasteiger partial charge < -0.3 is 28.4 Å². The summed E-state index contributed by atoms with van der Waals surface area (Å²) in [5, 5.41) is -0.0721. The number of hydrogen-bond donors (Lipinski definition) is 0. The van der Waals surface area contributed by atoms with Gasteiger partial charge in [0.25, 0.3) is 0 Å². The van der Waals surface area contributed by atoms with Crippen molar-refractivity contribution in [1.82, 2.24) is 19.4 Å². The van der Waals surface area contributed by atoms with E-state index in [9.17, 15) is 27.3 Å². The molecule has 11 nitrogen and oxygen atoms in total. The first-order valence-corrected chi connectivity index (χ1v) is 13.5. The van der Waals surface area contributed by atoms with E-state index >= 15 is 0 Å². The van der Waals surface area contributed by atoms with Crippen LogP contribution in [0, 0.1) is 6.92 Å². The number of amides is 1. The van der Waals surface area contributed by atoms with Crippen molar-refractivity contribution in [3.8, 4) is 5.75 Å². The highest BCUT2D eigenvalue weighted by atomic mass is 32.2. The number of likely N-dealkylation sites (N-methyl/N-ethyl adjacent to an activating group) is 1. The third-order valence-corrected chi connectivity index (χ3v) is 6.68. The summed E-state index contributed by atoms with van der Waals surface area (Å²) in [6, 6.07) is 7.38. The minimum Gasteiger partial charge on any atom is -0.609 e. The van der Waals surface area contributed by atoms with Gasteiger partial charge in [-0.15, -0.1) is 0 Å². The van der Waals surface area contributed by atoms with E-state index in [1.165, 1.54) is 35.7 Å². The van der Waals surface area contributed by atoms with Gasteiger partial charge in [-0.1, -0.05) is 12.1 Å². The second-order valence-electron chi connectivity index (χ2n) is 8.34. The molecule has 0 N–H and O–H groups in total. The van der Waals surface area contributed by atoms with E-state index in [4.69, 9.17) is 18.9 Å². The number of carbonyl (C=O) groups is 2. The van der Waals surface area contributed by atoms with Crippen molar-refractivity contribution in [1.29, 1.82) is 0 Å². The van der Waals surface area contributed by atoms with Crippen LogP contribution in [0.4, 0.5) is 22.8 Å². The van der Waals surface area contributed by atoms with E-state index in [1.807, 2.05) is 6.92 Å². The quantitative estimate of drug-likeness (QED) is 0.175. The van der Waals surface area contributed by atoms with Crippen LogP contribution < -0.4 is 4.74 Å². The number of nitrogens with zero attached hydrogens (tertiary/aromatic N) is 4. The molecule has 40 heavy (non-hydrogen) atoms. The number of imidazole rings is 1. The van der Waals surface area contributed by atoms with Crippen LogP contribution in [0.2, 0.25) is 0 Å². The third-order valence-electron chi connectivity index (χ3n) is 5.47. The Labute approximate surface area is 231 Å². The molecule has 1 atom stereocenters. The number of hydrogen-bond acceptors (Lipinski definition) is 9. The first kappa shape index (κ1) is 31.0. The van der Waals surface area contributed by atoms with Crippen LogP contribution >= 0.6 is 0 Å². The number of aromatic nitrogens is 3. The molecule has 2 aromatic heterocycles. The number of pyridine rings is 1. The van der Waals surface area contributed by atoms with Crippen LogP contribution in [0.25, 0.3) is 11.0 Å². The van der Waals surface area contributed by atoms with Crippen molar-refractivity contribution < 1.29 is 46.3 Å². The molecule has 1 unspecified atom stereocenters. The van der Waals surface area contributed by atoms with Gasteiger partial charge in [-0.25, -0.2) is 14.2 Å². The molecule has 0 fully saturated rings. The number of halogens is 3. The molecule has 3 aromatic rings. The molecule has 0 spiro atoms. The monoisotopic (exact) mass is 586 g/mol. The number of rotatable bonds is 12. The first-order valence-electron chi connectivity index (χ1n) is 12.1. The lowest BCUT2D eigenvalue weighted by atomic mass is 10.2. The molecule has 218 valence electrons. The van der Waals surface area contributed by atoms with Crippen LogP contribution in [0.1, 0.15) is 18.2 Å². The lowest BCUT2D eigenvalue weighted by Gasteiger charge is -2.19. The van der Waals surface area contributed by atoms with E-state index in [1.54, 1.807) is 24.3 Å². The van der Waals surface area contributed by atoms with E-state index in [-0.39, 0.29) is 54.3 Å². The molecular formula is C25H29F3N4O7S. The van der Waals surface area contributed by atoms with E-state index in [2.05, 4.69) is 9.97 Å². The summed E-state index contributed by atoms with van der Waals surface area (Å²) in [4.78, 5) is 34.9. The third kappa shape index (κ3) is 8.47. The van der Waals surface area contributed by atoms with Gasteiger partial charge in [-0.2, -0.15) is 18.2 Å². The lowest BCUT2D eigenvalue weighted by Crippen LogP contribution is -2.35. The fraction of sp³-hybridized carbons (Fsp3) is 0.440. The minimum absolute atomic E-state index is 0.00275. The molecule has 0 aliphatic rings. The Balaban J connectivity index is 1.74. The Morgan fingerprint density at radius 1 is 1.12 bits per heavy atom. The SMILES string of the molecule is CCOCCOC(=O)OCCN(C)C(=O)n1c([S+]([O-])Cc2nccc(OCC(F)(F)F)c2C)nc2ccccc21. The van der Waals surface area contributed by atoms with Crippen molar-refractivity contribution in [2.24, 2.45) is 0 Å². The highest BCUT2D eigenvalue weighted by Crippen LogP contribution is 2.27. The first-order chi connectivity index (χ1) is 19.0. The zero-order chi connectivity index (χ0) is 29.3. The van der Waals surface area contributed by atoms with Gasteiger partial charge in [0, 0.05) is 36.6 Å². The summed E-state index contributed by atoms with van der Waals surface area (Å²) < 4.78 is 72.3. The summed E-state index contributed by atoms with van der Waals surface area (Å²) in [6.07, 6.45) is -4.17. The second kappa shape index (κ2) is 14.2. The van der Waals surface area contributed by atoms with Gasteiger partial charge >= 0.3 is 23.5 Å². The van der Waals surface area contributed by atoms with Crippen LogP contribution in [0.15, 0.2) is 41.7 Å². The number of para-hydroxylation sites is 2. The van der Waals surface area contributed by atoms with Crippen LogP contribution in [0.3, 0.4) is 0 Å². The molecular weight excluding hydrogens is 557 g/mol. The fourth-order valence-electron chi connectivity index (χ4n) is 3.45. The maximum atomic E-state index is 13.5. The van der Waals surface area contributed by atoms with Gasteiger partial charge in [0.2, 0.25) is 0 Å². The summed E-state index contributed by atoms with van der Waals surface area (Å²) in [5.74, 6) is -0.272. The Morgan fingerprint density at radius 2 is 1.85 bits per heavy atom. The van der Waals surface area contributed by atoms with Gasteiger partial charge in [-0.3, -0.25) is 4.98 Å². The van der Waals surface area contributed by atoms with Gasteiger partial charge in [0.15, 0.2) is 12.4 Å². The van der Waals surface area contributed by atoms with Crippen LogP contribution in [-0.4, -0.2) is 89.0 Å². The zero-order valence-electron chi connectivity index (χ0n) is 22.1. The standard InChI is InChI=1S/C25H29F3N4O7S/c1-4-36-13-14-38-24(34)37-12-11-31(3)23(33)32-20-8-6-5-7-18(20)30-22(32)40(35)15-19-17(2)21(9-10-29-19)39-16-25(26,27)28/h5-10H,4,11-16H2,1-3H3. The van der Waals surface area contributed by atoms with E-state index in [0.29, 0.717) is 17.6 Å². The Morgan fingerprint density at radius 3 is 2.58 bits per heavy atom. The highest BCUT2D eigenvalue weighted by molar-refractivity contribution is 7.90. The second-order valence-corrected chi connectivity index (χ2v) is 9.69. The summed E-state index contributed by atoms with van der Waals surface area (Å²) in [6.45, 7) is 2.43. The number of alkyl halides is 3. The average Bonchev–Trinajstić information content (AvgIpc) is 3.30. The Kier molecular flexibility index (Phi) is 11.0. The maximum absolute atomic E-state index is 13.5. The molecule has 0 aliphatic carbocycles. The largest absolute Gasteiger partial charge is 0.609 e. The van der Waals surface area contributed by atoms with Crippen molar-refractivity contribution in [2.45, 2.75) is 30.9 Å². The van der Waals surface area contributed by atoms with E-state index < -0.39 is 36.1 Å². The van der Waals surface area contributed by atoms with Gasteiger partial charge in [0.1, 0.15) is 19.0 Å². The van der Waals surface area contributed by atoms with Crippen LogP contribution in [-0.2, 0) is 31.1 Å². The molecule has 0 aliphatic heterocycles. The molecule has 0 bridgehead atoms. The molecule has 2 heterocycles. The average molecular weight is 587 g/mol. The summed E-state index contributed by atoms with van der Waals surface area (Å²) in [7, 11) is 1.47. The van der Waals surface area contributed by atoms with Crippen molar-refractivity contribution in [3.05, 3.63) is 47.8 Å². The molecule has 0 saturated carbocycles. The van der Waals surface area contributed by atoms with Crippen molar-refractivity contribution in [2.75, 3.05) is 46.6 Å². The molecule has 1 amide bonds. The zero-order valence-corrected chi connectivity index (χ0v) is 22.9. The summed E-state index contributed by atoms with van der Waals surface area (Å²) >= 11 is -1.93. The van der Waals surface area contributed by atoms with Gasteiger partial charge in [0.05, 0.1) is 29.9 Å². The molecule has 0 radical (unpaired) electrons. The smallest absolute Gasteiger partial charge is 0.508 e. The number of fused-ring (bicyclic) bond motifs is 1.